The van der Waals surface area contributed by atoms with Crippen LogP contribution in [0.4, 0.5) is 15.2 Å². The van der Waals surface area contributed by atoms with Gasteiger partial charge in [0.25, 0.3) is 0 Å². The Bertz CT molecular complexity index is 1000. The van der Waals surface area contributed by atoms with E-state index in [4.69, 9.17) is 16.7 Å². The molecular weight excluding hydrogens is 409 g/mol. The standard InChI is InChI=1S/C16H15ClFN7O2S/c17-10-1-2-11(18)12(7-10)23-3-5-24(6-4-23)16-19-8-13(28-16)15-20-22-25(21-15)9-14(26)27/h1-2,7-8H,3-6,9H2,(H,26,27). The lowest BCUT2D eigenvalue weighted by molar-refractivity contribution is -0.138. The number of halogens is 2. The third-order valence-electron chi connectivity index (χ3n) is 4.24. The zero-order valence-electron chi connectivity index (χ0n) is 14.5. The number of thiazole rings is 1. The normalized spacial score (nSPS) is 14.5. The number of hydrogen-bond donors (Lipinski definition) is 1. The number of aromatic nitrogens is 5. The van der Waals surface area contributed by atoms with E-state index in [-0.39, 0.29) is 12.4 Å². The van der Waals surface area contributed by atoms with Gasteiger partial charge in [-0.2, -0.15) is 4.80 Å². The fourth-order valence-electron chi connectivity index (χ4n) is 2.91. The van der Waals surface area contributed by atoms with Crippen LogP contribution in [0.15, 0.2) is 24.4 Å². The van der Waals surface area contributed by atoms with E-state index in [2.05, 4.69) is 25.3 Å². The van der Waals surface area contributed by atoms with E-state index in [9.17, 15) is 9.18 Å². The lowest BCUT2D eigenvalue weighted by Crippen LogP contribution is -2.46. The summed E-state index contributed by atoms with van der Waals surface area (Å²) in [4.78, 5) is 20.9. The minimum absolute atomic E-state index is 0.287. The molecule has 146 valence electrons. The third kappa shape index (κ3) is 3.90. The molecule has 1 fully saturated rings. The molecule has 9 nitrogen and oxygen atoms in total. The van der Waals surface area contributed by atoms with Gasteiger partial charge in [-0.1, -0.05) is 22.9 Å². The van der Waals surface area contributed by atoms with Crippen molar-refractivity contribution in [1.29, 1.82) is 0 Å². The van der Waals surface area contributed by atoms with Crippen LogP contribution in [-0.4, -0.2) is 62.4 Å². The maximum Gasteiger partial charge on any atom is 0.327 e. The highest BCUT2D eigenvalue weighted by Gasteiger charge is 2.22. The molecule has 1 aromatic carbocycles. The van der Waals surface area contributed by atoms with Gasteiger partial charge in [0.2, 0.25) is 5.82 Å². The summed E-state index contributed by atoms with van der Waals surface area (Å²) < 4.78 is 14.1. The van der Waals surface area contributed by atoms with Gasteiger partial charge in [-0.05, 0) is 23.4 Å². The minimum atomic E-state index is -1.04. The van der Waals surface area contributed by atoms with Crippen molar-refractivity contribution in [3.8, 4) is 10.7 Å². The molecule has 0 saturated carbocycles. The number of piperazine rings is 1. The Morgan fingerprint density at radius 2 is 2.00 bits per heavy atom. The molecule has 0 unspecified atom stereocenters. The van der Waals surface area contributed by atoms with Crippen LogP contribution in [0.1, 0.15) is 0 Å². The Kier molecular flexibility index (Phi) is 5.09. The molecule has 1 saturated heterocycles. The van der Waals surface area contributed by atoms with E-state index in [1.807, 2.05) is 4.90 Å². The molecule has 3 aromatic rings. The first-order valence-corrected chi connectivity index (χ1v) is 9.60. The van der Waals surface area contributed by atoms with Gasteiger partial charge in [-0.15, -0.1) is 10.2 Å². The van der Waals surface area contributed by atoms with Crippen molar-refractivity contribution in [1.82, 2.24) is 25.2 Å². The fraction of sp³-hybridized carbons (Fsp3) is 0.312. The number of rotatable bonds is 5. The average Bonchev–Trinajstić information content (AvgIpc) is 3.33. The molecule has 4 rings (SSSR count). The number of carboxylic acids is 1. The van der Waals surface area contributed by atoms with E-state index in [0.717, 1.165) is 9.93 Å². The SMILES string of the molecule is O=C(O)Cn1nnc(-c2cnc(N3CCN(c4cc(Cl)ccc4F)CC3)s2)n1. The quantitative estimate of drug-likeness (QED) is 0.665. The van der Waals surface area contributed by atoms with Crippen LogP contribution in [0.25, 0.3) is 10.7 Å². The first-order chi connectivity index (χ1) is 13.5. The van der Waals surface area contributed by atoms with Crippen LogP contribution >= 0.6 is 22.9 Å². The van der Waals surface area contributed by atoms with Gasteiger partial charge in [-0.3, -0.25) is 4.79 Å². The highest BCUT2D eigenvalue weighted by atomic mass is 35.5. The Labute approximate surface area is 168 Å². The molecule has 0 atom stereocenters. The van der Waals surface area contributed by atoms with Crippen LogP contribution in [0.5, 0.6) is 0 Å². The molecule has 1 aliphatic rings. The molecule has 0 amide bonds. The Morgan fingerprint density at radius 1 is 1.25 bits per heavy atom. The number of carbonyl (C=O) groups is 1. The monoisotopic (exact) mass is 423 g/mol. The van der Waals surface area contributed by atoms with Crippen molar-refractivity contribution in [2.75, 3.05) is 36.0 Å². The Morgan fingerprint density at radius 3 is 2.75 bits per heavy atom. The summed E-state index contributed by atoms with van der Waals surface area (Å²) >= 11 is 7.39. The minimum Gasteiger partial charge on any atom is -0.480 e. The summed E-state index contributed by atoms with van der Waals surface area (Å²) in [6.07, 6.45) is 1.64. The van der Waals surface area contributed by atoms with Crippen LogP contribution < -0.4 is 9.80 Å². The van der Waals surface area contributed by atoms with E-state index in [1.165, 1.54) is 23.5 Å². The Hall–Kier alpha value is -2.79. The zero-order valence-corrected chi connectivity index (χ0v) is 16.1. The van der Waals surface area contributed by atoms with E-state index < -0.39 is 5.97 Å². The van der Waals surface area contributed by atoms with Crippen molar-refractivity contribution in [2.24, 2.45) is 0 Å². The van der Waals surface area contributed by atoms with Gasteiger partial charge >= 0.3 is 5.97 Å². The maximum atomic E-state index is 14.1. The summed E-state index contributed by atoms with van der Waals surface area (Å²) in [5, 5.41) is 21.7. The third-order valence-corrected chi connectivity index (χ3v) is 5.53. The first-order valence-electron chi connectivity index (χ1n) is 8.40. The van der Waals surface area contributed by atoms with Crippen molar-refractivity contribution in [3.05, 3.63) is 35.2 Å². The second-order valence-electron chi connectivity index (χ2n) is 6.11. The predicted octanol–water partition coefficient (Wildman–Crippen LogP) is 2.00. The molecule has 28 heavy (non-hydrogen) atoms. The van der Waals surface area contributed by atoms with Gasteiger partial charge < -0.3 is 14.9 Å². The second-order valence-corrected chi connectivity index (χ2v) is 7.56. The van der Waals surface area contributed by atoms with Gasteiger partial charge in [-0.25, -0.2) is 9.37 Å². The Balaban J connectivity index is 1.42. The highest BCUT2D eigenvalue weighted by Crippen LogP contribution is 2.30. The van der Waals surface area contributed by atoms with Gasteiger partial charge in [0.15, 0.2) is 11.7 Å². The lowest BCUT2D eigenvalue weighted by Gasteiger charge is -2.36. The molecule has 2 aromatic heterocycles. The summed E-state index contributed by atoms with van der Waals surface area (Å²) in [7, 11) is 0. The van der Waals surface area contributed by atoms with E-state index in [1.54, 1.807) is 12.3 Å². The molecule has 1 aliphatic heterocycles. The number of tetrazole rings is 1. The molecule has 0 bridgehead atoms. The van der Waals surface area contributed by atoms with Crippen LogP contribution in [0.3, 0.4) is 0 Å². The summed E-state index contributed by atoms with van der Waals surface area (Å²) in [6, 6.07) is 4.55. The van der Waals surface area contributed by atoms with Crippen LogP contribution in [0.2, 0.25) is 5.02 Å². The molecule has 12 heteroatoms. The van der Waals surface area contributed by atoms with Crippen molar-refractivity contribution in [2.45, 2.75) is 6.54 Å². The van der Waals surface area contributed by atoms with Crippen molar-refractivity contribution in [3.63, 3.8) is 0 Å². The number of benzene rings is 1. The molecule has 0 aliphatic carbocycles. The largest absolute Gasteiger partial charge is 0.480 e. The summed E-state index contributed by atoms with van der Waals surface area (Å²) in [5.41, 5.74) is 0.506. The van der Waals surface area contributed by atoms with Crippen LogP contribution in [-0.2, 0) is 11.3 Å². The average molecular weight is 424 g/mol. The van der Waals surface area contributed by atoms with Crippen molar-refractivity contribution < 1.29 is 14.3 Å². The lowest BCUT2D eigenvalue weighted by atomic mass is 10.2. The summed E-state index contributed by atoms with van der Waals surface area (Å²) in [5.74, 6) is -0.988. The predicted molar refractivity (Wildman–Crippen MR) is 102 cm³/mol. The molecule has 3 heterocycles. The molecule has 0 radical (unpaired) electrons. The van der Waals surface area contributed by atoms with Gasteiger partial charge in [0.1, 0.15) is 5.82 Å². The van der Waals surface area contributed by atoms with E-state index >= 15 is 0 Å². The van der Waals surface area contributed by atoms with E-state index in [0.29, 0.717) is 47.6 Å². The molecular formula is C16H15ClFN7O2S. The molecule has 0 spiro atoms. The fourth-order valence-corrected chi connectivity index (χ4v) is 3.97. The van der Waals surface area contributed by atoms with Crippen LogP contribution in [0, 0.1) is 5.82 Å². The van der Waals surface area contributed by atoms with Gasteiger partial charge in [0, 0.05) is 31.2 Å². The van der Waals surface area contributed by atoms with Gasteiger partial charge in [0.05, 0.1) is 16.8 Å². The smallest absolute Gasteiger partial charge is 0.327 e. The first kappa shape index (κ1) is 18.6. The van der Waals surface area contributed by atoms with Crippen molar-refractivity contribution >= 4 is 39.7 Å². The zero-order chi connectivity index (χ0) is 19.7. The topological polar surface area (TPSA) is 100 Å². The second kappa shape index (κ2) is 7.68. The highest BCUT2D eigenvalue weighted by molar-refractivity contribution is 7.18. The summed E-state index contributed by atoms with van der Waals surface area (Å²) in [6.45, 7) is 2.29. The number of carboxylic acid groups (broad SMARTS) is 1. The molecule has 1 N–H and O–H groups in total. The number of hydrogen-bond acceptors (Lipinski definition) is 8. The maximum absolute atomic E-state index is 14.1. The number of nitrogens with zero attached hydrogens (tertiary/aromatic N) is 7. The number of aliphatic carboxylic acids is 1. The number of anilines is 2.